The number of pyridine rings is 1. The van der Waals surface area contributed by atoms with Gasteiger partial charge < -0.3 is 5.32 Å². The molecule has 4 rings (SSSR count). The molecule has 0 amide bonds. The van der Waals surface area contributed by atoms with Gasteiger partial charge in [-0.2, -0.15) is 0 Å². The number of aromatic nitrogens is 1. The van der Waals surface area contributed by atoms with Crippen molar-refractivity contribution in [3.63, 3.8) is 0 Å². The summed E-state index contributed by atoms with van der Waals surface area (Å²) in [5, 5.41) is 3.51. The number of allylic oxidation sites excluding steroid dienone is 2. The van der Waals surface area contributed by atoms with Gasteiger partial charge >= 0.3 is 0 Å². The van der Waals surface area contributed by atoms with Crippen molar-refractivity contribution in [3.8, 4) is 0 Å². The molecule has 0 unspecified atom stereocenters. The Morgan fingerprint density at radius 2 is 1.46 bits per heavy atom. The Bertz CT molecular complexity index is 884. The minimum atomic E-state index is 0. The lowest BCUT2D eigenvalue weighted by Gasteiger charge is -2.08. The van der Waals surface area contributed by atoms with E-state index in [1.54, 1.807) is 0 Å². The van der Waals surface area contributed by atoms with Crippen LogP contribution in [0.2, 0.25) is 0 Å². The number of hydrogen-bond acceptors (Lipinski definition) is 2. The monoisotopic (exact) mass is 332 g/mol. The Hall–Kier alpha value is -2.84. The van der Waals surface area contributed by atoms with Gasteiger partial charge in [0.15, 0.2) is 0 Å². The number of fused-ring (bicyclic) bond motifs is 1. The Morgan fingerprint density at radius 1 is 0.750 bits per heavy atom. The number of rotatable bonds is 3. The van der Waals surface area contributed by atoms with E-state index in [0.717, 1.165) is 17.1 Å². The van der Waals surface area contributed by atoms with Crippen molar-refractivity contribution in [3.05, 3.63) is 102 Å². The third-order valence-corrected chi connectivity index (χ3v) is 3.87. The van der Waals surface area contributed by atoms with Crippen molar-refractivity contribution in [2.45, 2.75) is 0 Å². The maximum atomic E-state index is 4.40. The molecule has 0 spiro atoms. The van der Waals surface area contributed by atoms with E-state index < -0.39 is 0 Å². The van der Waals surface area contributed by atoms with Crippen molar-refractivity contribution in [2.24, 2.45) is 0 Å². The minimum absolute atomic E-state index is 0. The van der Waals surface area contributed by atoms with E-state index in [0.29, 0.717) is 0 Å². The molecular formula is C21H17ClN2. The first-order valence-corrected chi connectivity index (χ1v) is 7.66. The van der Waals surface area contributed by atoms with Gasteiger partial charge in [0, 0.05) is 23.1 Å². The number of halogens is 1. The summed E-state index contributed by atoms with van der Waals surface area (Å²) in [6.07, 6.45) is 6.13. The highest BCUT2D eigenvalue weighted by molar-refractivity contribution is 6.03. The predicted molar refractivity (Wildman–Crippen MR) is 104 cm³/mol. The highest BCUT2D eigenvalue weighted by Crippen LogP contribution is 2.36. The number of nitrogens with zero attached hydrogens (tertiary/aromatic N) is 1. The molecule has 118 valence electrons. The standard InChI is InChI=1S/C21H16N2.ClH/c1-2-8-17(9-3-1)23-21-15-16(14-18-10-6-7-13-22-18)19-11-4-5-12-20(19)21;/h1-15,23H;1H. The Morgan fingerprint density at radius 3 is 2.21 bits per heavy atom. The molecule has 0 aliphatic heterocycles. The molecule has 3 heteroatoms. The lowest BCUT2D eigenvalue weighted by Crippen LogP contribution is -1.96. The van der Waals surface area contributed by atoms with Gasteiger partial charge in [-0.05, 0) is 47.6 Å². The zero-order chi connectivity index (χ0) is 15.5. The summed E-state index contributed by atoms with van der Waals surface area (Å²) in [4.78, 5) is 4.40. The van der Waals surface area contributed by atoms with Crippen molar-refractivity contribution < 1.29 is 0 Å². The van der Waals surface area contributed by atoms with Crippen LogP contribution in [0.4, 0.5) is 5.69 Å². The van der Waals surface area contributed by atoms with Crippen LogP contribution in [-0.4, -0.2) is 4.98 Å². The SMILES string of the molecule is C(=C1C=C(Nc2ccccc2)c2ccccc21)c1ccccn1.Cl. The molecule has 1 aliphatic rings. The molecule has 24 heavy (non-hydrogen) atoms. The van der Waals surface area contributed by atoms with Gasteiger partial charge in [0.25, 0.3) is 0 Å². The highest BCUT2D eigenvalue weighted by Gasteiger charge is 2.17. The second-order valence-electron chi connectivity index (χ2n) is 5.45. The Kier molecular flexibility index (Phi) is 4.78. The van der Waals surface area contributed by atoms with Gasteiger partial charge in [0.1, 0.15) is 0 Å². The average molecular weight is 333 g/mol. The fourth-order valence-electron chi connectivity index (χ4n) is 2.80. The quantitative estimate of drug-likeness (QED) is 0.684. The Labute approximate surface area is 148 Å². The van der Waals surface area contributed by atoms with Crippen LogP contribution >= 0.6 is 12.4 Å². The summed E-state index contributed by atoms with van der Waals surface area (Å²) in [6, 6.07) is 24.7. The van der Waals surface area contributed by atoms with E-state index >= 15 is 0 Å². The largest absolute Gasteiger partial charge is 0.355 e. The zero-order valence-electron chi connectivity index (χ0n) is 13.0. The maximum absolute atomic E-state index is 4.40. The summed E-state index contributed by atoms with van der Waals surface area (Å²) in [5.41, 5.74) is 6.81. The first-order chi connectivity index (χ1) is 11.4. The van der Waals surface area contributed by atoms with Crippen molar-refractivity contribution >= 4 is 35.4 Å². The summed E-state index contributed by atoms with van der Waals surface area (Å²) in [5.74, 6) is 0. The number of para-hydroxylation sites is 1. The molecule has 0 saturated carbocycles. The molecule has 1 aliphatic carbocycles. The van der Waals surface area contributed by atoms with Crippen molar-refractivity contribution in [1.29, 1.82) is 0 Å². The summed E-state index contributed by atoms with van der Waals surface area (Å²) in [7, 11) is 0. The second kappa shape index (κ2) is 7.16. The van der Waals surface area contributed by atoms with Gasteiger partial charge in [-0.3, -0.25) is 4.98 Å². The smallest absolute Gasteiger partial charge is 0.0635 e. The summed E-state index contributed by atoms with van der Waals surface area (Å²) >= 11 is 0. The summed E-state index contributed by atoms with van der Waals surface area (Å²) in [6.45, 7) is 0. The molecule has 1 heterocycles. The average Bonchev–Trinajstić information content (AvgIpc) is 2.95. The van der Waals surface area contributed by atoms with Crippen molar-refractivity contribution in [1.82, 2.24) is 4.98 Å². The fourth-order valence-corrected chi connectivity index (χ4v) is 2.80. The normalized spacial score (nSPS) is 13.8. The van der Waals surface area contributed by atoms with Gasteiger partial charge in [0.05, 0.1) is 5.69 Å². The molecule has 2 nitrogen and oxygen atoms in total. The van der Waals surface area contributed by atoms with Gasteiger partial charge in [-0.15, -0.1) is 12.4 Å². The van der Waals surface area contributed by atoms with Gasteiger partial charge in [0.2, 0.25) is 0 Å². The molecule has 0 bridgehead atoms. The third kappa shape index (κ3) is 3.24. The second-order valence-corrected chi connectivity index (χ2v) is 5.45. The number of anilines is 1. The molecule has 0 saturated heterocycles. The van der Waals surface area contributed by atoms with Crippen molar-refractivity contribution in [2.75, 3.05) is 5.32 Å². The zero-order valence-corrected chi connectivity index (χ0v) is 13.8. The van der Waals surface area contributed by atoms with E-state index in [4.69, 9.17) is 0 Å². The topological polar surface area (TPSA) is 24.9 Å². The van der Waals surface area contributed by atoms with Crippen LogP contribution in [0.5, 0.6) is 0 Å². The minimum Gasteiger partial charge on any atom is -0.355 e. The number of benzene rings is 2. The van der Waals surface area contributed by atoms with Crippen LogP contribution in [0.3, 0.4) is 0 Å². The molecule has 0 atom stereocenters. The first kappa shape index (κ1) is 16.0. The lowest BCUT2D eigenvalue weighted by atomic mass is 10.0. The number of hydrogen-bond donors (Lipinski definition) is 1. The van der Waals surface area contributed by atoms with E-state index in [-0.39, 0.29) is 12.4 Å². The van der Waals surface area contributed by atoms with Crippen LogP contribution in [0, 0.1) is 0 Å². The Balaban J connectivity index is 0.00000169. The van der Waals surface area contributed by atoms with Crippen LogP contribution < -0.4 is 5.32 Å². The van der Waals surface area contributed by atoms with Crippen LogP contribution in [0.25, 0.3) is 17.3 Å². The third-order valence-electron chi connectivity index (χ3n) is 3.87. The fraction of sp³-hybridized carbons (Fsp3) is 0. The lowest BCUT2D eigenvalue weighted by molar-refractivity contribution is 1.30. The molecule has 0 fully saturated rings. The predicted octanol–water partition coefficient (Wildman–Crippen LogP) is 5.51. The van der Waals surface area contributed by atoms with E-state index in [9.17, 15) is 0 Å². The molecule has 0 radical (unpaired) electrons. The molecule has 2 aromatic carbocycles. The first-order valence-electron chi connectivity index (χ1n) is 7.66. The van der Waals surface area contributed by atoms with Gasteiger partial charge in [-0.25, -0.2) is 0 Å². The maximum Gasteiger partial charge on any atom is 0.0635 e. The molecule has 3 aromatic rings. The van der Waals surface area contributed by atoms with Crippen LogP contribution in [-0.2, 0) is 0 Å². The molecule has 1 N–H and O–H groups in total. The van der Waals surface area contributed by atoms with E-state index in [1.807, 2.05) is 42.6 Å². The molecule has 1 aromatic heterocycles. The van der Waals surface area contributed by atoms with Gasteiger partial charge in [-0.1, -0.05) is 48.5 Å². The van der Waals surface area contributed by atoms with Crippen LogP contribution in [0.1, 0.15) is 16.8 Å². The molecular weight excluding hydrogens is 316 g/mol. The van der Waals surface area contributed by atoms with Crippen LogP contribution in [0.15, 0.2) is 85.1 Å². The summed E-state index contributed by atoms with van der Waals surface area (Å²) < 4.78 is 0. The van der Waals surface area contributed by atoms with E-state index in [2.05, 4.69) is 58.9 Å². The highest BCUT2D eigenvalue weighted by atomic mass is 35.5. The van der Waals surface area contributed by atoms with E-state index in [1.165, 1.54) is 16.7 Å². The number of nitrogens with one attached hydrogen (secondary N) is 1.